The smallest absolute Gasteiger partial charge is 0.225 e. The second kappa shape index (κ2) is 5.12. The van der Waals surface area contributed by atoms with Crippen LogP contribution >= 0.6 is 0 Å². The SMILES string of the molecule is CC(C)C(=O)N1CCC[C@H]1c1cc(C(C)C)no1. The topological polar surface area (TPSA) is 46.3 Å². The van der Waals surface area contributed by atoms with Crippen LogP contribution in [0.2, 0.25) is 0 Å². The van der Waals surface area contributed by atoms with Gasteiger partial charge in [-0.2, -0.15) is 0 Å². The van der Waals surface area contributed by atoms with Crippen molar-refractivity contribution in [2.75, 3.05) is 6.54 Å². The summed E-state index contributed by atoms with van der Waals surface area (Å²) in [6.07, 6.45) is 2.02. The summed E-state index contributed by atoms with van der Waals surface area (Å²) < 4.78 is 5.43. The van der Waals surface area contributed by atoms with Crippen LogP contribution in [-0.4, -0.2) is 22.5 Å². The molecule has 100 valence electrons. The lowest BCUT2D eigenvalue weighted by Gasteiger charge is -2.24. The molecule has 0 aliphatic carbocycles. The molecular weight excluding hydrogens is 228 g/mol. The molecule has 1 aromatic heterocycles. The second-order valence-corrected chi connectivity index (χ2v) is 5.65. The van der Waals surface area contributed by atoms with Gasteiger partial charge >= 0.3 is 0 Å². The number of likely N-dealkylation sites (tertiary alicyclic amines) is 1. The summed E-state index contributed by atoms with van der Waals surface area (Å²) >= 11 is 0. The molecule has 1 saturated heterocycles. The minimum atomic E-state index is 0.0399. The van der Waals surface area contributed by atoms with E-state index in [4.69, 9.17) is 4.52 Å². The summed E-state index contributed by atoms with van der Waals surface area (Å²) in [5.41, 5.74) is 0.967. The third-order valence-corrected chi connectivity index (χ3v) is 3.50. The summed E-state index contributed by atoms with van der Waals surface area (Å²) in [5.74, 6) is 1.45. The van der Waals surface area contributed by atoms with E-state index in [1.54, 1.807) is 0 Å². The molecule has 0 unspecified atom stereocenters. The van der Waals surface area contributed by atoms with Crippen LogP contribution in [0.1, 0.15) is 64.0 Å². The third-order valence-electron chi connectivity index (χ3n) is 3.50. The molecule has 1 atom stereocenters. The molecule has 0 N–H and O–H groups in total. The van der Waals surface area contributed by atoms with Gasteiger partial charge in [-0.1, -0.05) is 32.9 Å². The highest BCUT2D eigenvalue weighted by atomic mass is 16.5. The fourth-order valence-corrected chi connectivity index (χ4v) is 2.39. The highest BCUT2D eigenvalue weighted by molar-refractivity contribution is 5.78. The third kappa shape index (κ3) is 2.42. The molecule has 0 radical (unpaired) electrons. The van der Waals surface area contributed by atoms with Gasteiger partial charge < -0.3 is 9.42 Å². The van der Waals surface area contributed by atoms with E-state index in [1.807, 2.05) is 24.8 Å². The van der Waals surface area contributed by atoms with Gasteiger partial charge in [0, 0.05) is 18.5 Å². The number of hydrogen-bond acceptors (Lipinski definition) is 3. The summed E-state index contributed by atoms with van der Waals surface area (Å²) in [6, 6.07) is 2.08. The van der Waals surface area contributed by atoms with Crippen molar-refractivity contribution >= 4 is 5.91 Å². The first-order chi connectivity index (χ1) is 8.50. The lowest BCUT2D eigenvalue weighted by atomic mass is 10.1. The Kier molecular flexibility index (Phi) is 3.73. The van der Waals surface area contributed by atoms with Gasteiger partial charge in [0.1, 0.15) is 0 Å². The standard InChI is InChI=1S/C14H22N2O2/c1-9(2)11-8-13(18-15-11)12-6-5-7-16(12)14(17)10(3)4/h8-10,12H,5-7H2,1-4H3/t12-/m0/s1. The maximum Gasteiger partial charge on any atom is 0.225 e. The number of carbonyl (C=O) groups is 1. The van der Waals surface area contributed by atoms with E-state index >= 15 is 0 Å². The Hall–Kier alpha value is -1.32. The Bertz CT molecular complexity index is 423. The zero-order valence-corrected chi connectivity index (χ0v) is 11.6. The summed E-state index contributed by atoms with van der Waals surface area (Å²) in [4.78, 5) is 14.1. The van der Waals surface area contributed by atoms with Crippen LogP contribution in [0.3, 0.4) is 0 Å². The van der Waals surface area contributed by atoms with Gasteiger partial charge in [0.25, 0.3) is 0 Å². The molecular formula is C14H22N2O2. The minimum Gasteiger partial charge on any atom is -0.359 e. The lowest BCUT2D eigenvalue weighted by Crippen LogP contribution is -2.33. The van der Waals surface area contributed by atoms with E-state index in [0.717, 1.165) is 30.8 Å². The van der Waals surface area contributed by atoms with Gasteiger partial charge in [-0.3, -0.25) is 4.79 Å². The first-order valence-electron chi connectivity index (χ1n) is 6.77. The van der Waals surface area contributed by atoms with Crippen molar-refractivity contribution in [2.45, 2.75) is 52.5 Å². The molecule has 18 heavy (non-hydrogen) atoms. The largest absolute Gasteiger partial charge is 0.359 e. The molecule has 2 heterocycles. The number of rotatable bonds is 3. The average Bonchev–Trinajstić information content (AvgIpc) is 2.96. The Morgan fingerprint density at radius 1 is 1.44 bits per heavy atom. The van der Waals surface area contributed by atoms with Crippen LogP contribution < -0.4 is 0 Å². The van der Waals surface area contributed by atoms with E-state index in [-0.39, 0.29) is 17.9 Å². The van der Waals surface area contributed by atoms with Crippen LogP contribution in [0.15, 0.2) is 10.6 Å². The van der Waals surface area contributed by atoms with Crippen molar-refractivity contribution in [3.8, 4) is 0 Å². The normalized spacial score (nSPS) is 20.1. The first kappa shape index (κ1) is 13.1. The number of nitrogens with zero attached hydrogens (tertiary/aromatic N) is 2. The summed E-state index contributed by atoms with van der Waals surface area (Å²) in [6.45, 7) is 8.90. The van der Waals surface area contributed by atoms with Crippen molar-refractivity contribution in [1.29, 1.82) is 0 Å². The maximum atomic E-state index is 12.1. The maximum absolute atomic E-state index is 12.1. The quantitative estimate of drug-likeness (QED) is 0.828. The molecule has 4 nitrogen and oxygen atoms in total. The minimum absolute atomic E-state index is 0.0399. The van der Waals surface area contributed by atoms with Crippen LogP contribution in [0.4, 0.5) is 0 Å². The first-order valence-corrected chi connectivity index (χ1v) is 6.77. The predicted octanol–water partition coefficient (Wildman–Crippen LogP) is 3.12. The number of amides is 1. The number of hydrogen-bond donors (Lipinski definition) is 0. The molecule has 1 aromatic rings. The zero-order chi connectivity index (χ0) is 13.3. The molecule has 1 aliphatic heterocycles. The lowest BCUT2D eigenvalue weighted by molar-refractivity contribution is -0.135. The van der Waals surface area contributed by atoms with Gasteiger partial charge in [0.05, 0.1) is 11.7 Å². The van der Waals surface area contributed by atoms with Crippen LogP contribution in [-0.2, 0) is 4.79 Å². The van der Waals surface area contributed by atoms with Crippen molar-refractivity contribution in [3.05, 3.63) is 17.5 Å². The van der Waals surface area contributed by atoms with Crippen LogP contribution in [0.25, 0.3) is 0 Å². The van der Waals surface area contributed by atoms with Crippen molar-refractivity contribution in [2.24, 2.45) is 5.92 Å². The van der Waals surface area contributed by atoms with Gasteiger partial charge in [0.15, 0.2) is 5.76 Å². The highest BCUT2D eigenvalue weighted by Crippen LogP contribution is 2.34. The zero-order valence-electron chi connectivity index (χ0n) is 11.6. The number of aromatic nitrogens is 1. The van der Waals surface area contributed by atoms with E-state index in [1.165, 1.54) is 0 Å². The summed E-state index contributed by atoms with van der Waals surface area (Å²) in [5, 5.41) is 4.09. The molecule has 1 amide bonds. The molecule has 1 aliphatic rings. The summed E-state index contributed by atoms with van der Waals surface area (Å²) in [7, 11) is 0. The van der Waals surface area contributed by atoms with Crippen LogP contribution in [0.5, 0.6) is 0 Å². The molecule has 0 bridgehead atoms. The van der Waals surface area contributed by atoms with Crippen molar-refractivity contribution in [3.63, 3.8) is 0 Å². The monoisotopic (exact) mass is 250 g/mol. The Morgan fingerprint density at radius 2 is 2.17 bits per heavy atom. The molecule has 0 saturated carbocycles. The van der Waals surface area contributed by atoms with Crippen molar-refractivity contribution in [1.82, 2.24) is 10.1 Å². The average molecular weight is 250 g/mol. The van der Waals surface area contributed by atoms with E-state index in [2.05, 4.69) is 19.0 Å². The van der Waals surface area contributed by atoms with Gasteiger partial charge in [0.2, 0.25) is 5.91 Å². The molecule has 2 rings (SSSR count). The van der Waals surface area contributed by atoms with E-state index < -0.39 is 0 Å². The molecule has 1 fully saturated rings. The van der Waals surface area contributed by atoms with Gasteiger partial charge in [-0.05, 0) is 18.8 Å². The fraction of sp³-hybridized carbons (Fsp3) is 0.714. The Balaban J connectivity index is 2.18. The van der Waals surface area contributed by atoms with Gasteiger partial charge in [-0.25, -0.2) is 0 Å². The molecule has 0 spiro atoms. The Labute approximate surface area is 108 Å². The number of carbonyl (C=O) groups excluding carboxylic acids is 1. The fourth-order valence-electron chi connectivity index (χ4n) is 2.39. The van der Waals surface area contributed by atoms with Crippen LogP contribution in [0, 0.1) is 5.92 Å². The molecule has 0 aromatic carbocycles. The van der Waals surface area contributed by atoms with E-state index in [9.17, 15) is 4.79 Å². The highest BCUT2D eigenvalue weighted by Gasteiger charge is 2.33. The second-order valence-electron chi connectivity index (χ2n) is 5.65. The van der Waals surface area contributed by atoms with Crippen molar-refractivity contribution < 1.29 is 9.32 Å². The predicted molar refractivity (Wildman–Crippen MR) is 69.1 cm³/mol. The van der Waals surface area contributed by atoms with E-state index in [0.29, 0.717) is 5.92 Å². The Morgan fingerprint density at radius 3 is 2.72 bits per heavy atom. The molecule has 4 heteroatoms. The van der Waals surface area contributed by atoms with Gasteiger partial charge in [-0.15, -0.1) is 0 Å².